The fourth-order valence-corrected chi connectivity index (χ4v) is 2.55. The van der Waals surface area contributed by atoms with Crippen molar-refractivity contribution in [2.24, 2.45) is 0 Å². The molecule has 0 saturated heterocycles. The molecule has 0 unspecified atom stereocenters. The largest absolute Gasteiger partial charge is 0.482 e. The van der Waals surface area contributed by atoms with Gasteiger partial charge in [0.15, 0.2) is 19.0 Å². The number of benzene rings is 2. The minimum atomic E-state index is -0.627. The predicted octanol–water partition coefficient (Wildman–Crippen LogP) is 3.88. The van der Waals surface area contributed by atoms with Crippen LogP contribution in [-0.4, -0.2) is 30.9 Å². The molecule has 0 aromatic heterocycles. The number of nitrogens with one attached hydrogen (secondary N) is 1. The van der Waals surface area contributed by atoms with Crippen molar-refractivity contribution < 1.29 is 23.9 Å². The number of aryl methyl sites for hydroxylation is 1. The molecule has 0 radical (unpaired) electrons. The van der Waals surface area contributed by atoms with E-state index in [1.807, 2.05) is 39.0 Å². The molecule has 6 nitrogen and oxygen atoms in total. The van der Waals surface area contributed by atoms with Crippen LogP contribution in [0, 0.1) is 6.92 Å². The highest BCUT2D eigenvalue weighted by Crippen LogP contribution is 2.27. The average molecular weight is 383 g/mol. The molecule has 28 heavy (non-hydrogen) atoms. The Labute approximate surface area is 164 Å². The summed E-state index contributed by atoms with van der Waals surface area (Å²) >= 11 is 0. The van der Waals surface area contributed by atoms with E-state index in [1.165, 1.54) is 6.92 Å². The van der Waals surface area contributed by atoms with Gasteiger partial charge in [0.05, 0.1) is 0 Å². The van der Waals surface area contributed by atoms with Gasteiger partial charge in [-0.05, 0) is 61.2 Å². The van der Waals surface area contributed by atoms with Crippen molar-refractivity contribution in [3.63, 3.8) is 0 Å². The van der Waals surface area contributed by atoms with E-state index in [4.69, 9.17) is 9.47 Å². The van der Waals surface area contributed by atoms with Crippen molar-refractivity contribution in [3.05, 3.63) is 59.2 Å². The monoisotopic (exact) mass is 383 g/mol. The molecule has 1 N–H and O–H groups in total. The van der Waals surface area contributed by atoms with Crippen LogP contribution in [-0.2, 0) is 14.3 Å². The van der Waals surface area contributed by atoms with Gasteiger partial charge in [-0.2, -0.15) is 0 Å². The number of esters is 1. The van der Waals surface area contributed by atoms with Gasteiger partial charge in [-0.1, -0.05) is 26.0 Å². The third-order valence-corrected chi connectivity index (χ3v) is 4.08. The Balaban J connectivity index is 1.81. The van der Waals surface area contributed by atoms with Gasteiger partial charge >= 0.3 is 5.97 Å². The van der Waals surface area contributed by atoms with E-state index in [0.29, 0.717) is 17.0 Å². The Morgan fingerprint density at radius 3 is 2.29 bits per heavy atom. The van der Waals surface area contributed by atoms with Gasteiger partial charge < -0.3 is 14.8 Å². The molecule has 0 bridgehead atoms. The summed E-state index contributed by atoms with van der Waals surface area (Å²) in [6.07, 6.45) is 0. The maximum absolute atomic E-state index is 11.9. The molecule has 2 aromatic rings. The molecule has 2 rings (SSSR count). The minimum absolute atomic E-state index is 0.0546. The first-order chi connectivity index (χ1) is 13.3. The zero-order valence-corrected chi connectivity index (χ0v) is 16.6. The lowest BCUT2D eigenvalue weighted by molar-refractivity contribution is -0.149. The zero-order valence-electron chi connectivity index (χ0n) is 16.6. The number of carbonyl (C=O) groups excluding carboxylic acids is 3. The van der Waals surface area contributed by atoms with Crippen LogP contribution >= 0.6 is 0 Å². The third kappa shape index (κ3) is 6.23. The van der Waals surface area contributed by atoms with Crippen molar-refractivity contribution in [2.75, 3.05) is 18.5 Å². The summed E-state index contributed by atoms with van der Waals surface area (Å²) < 4.78 is 10.5. The molecule has 2 aromatic carbocycles. The van der Waals surface area contributed by atoms with Gasteiger partial charge in [-0.25, -0.2) is 4.79 Å². The molecule has 0 aliphatic carbocycles. The van der Waals surface area contributed by atoms with Crippen molar-refractivity contribution in [1.82, 2.24) is 0 Å². The number of hydrogen-bond acceptors (Lipinski definition) is 5. The number of hydrogen-bond donors (Lipinski definition) is 1. The highest BCUT2D eigenvalue weighted by molar-refractivity contribution is 5.96. The van der Waals surface area contributed by atoms with Crippen molar-refractivity contribution in [2.45, 2.75) is 33.6 Å². The number of rotatable bonds is 8. The number of ketones is 1. The highest BCUT2D eigenvalue weighted by atomic mass is 16.6. The van der Waals surface area contributed by atoms with Crippen molar-refractivity contribution in [3.8, 4) is 5.75 Å². The van der Waals surface area contributed by atoms with Crippen LogP contribution in [0.25, 0.3) is 0 Å². The smallest absolute Gasteiger partial charge is 0.344 e. The summed E-state index contributed by atoms with van der Waals surface area (Å²) in [6, 6.07) is 12.3. The van der Waals surface area contributed by atoms with Gasteiger partial charge in [-0.3, -0.25) is 9.59 Å². The number of carbonyl (C=O) groups is 3. The lowest BCUT2D eigenvalue weighted by Gasteiger charge is -2.14. The van der Waals surface area contributed by atoms with E-state index >= 15 is 0 Å². The molecular formula is C22H25NO5. The first kappa shape index (κ1) is 21.2. The second-order valence-electron chi connectivity index (χ2n) is 6.83. The Morgan fingerprint density at radius 1 is 1.00 bits per heavy atom. The average Bonchev–Trinajstić information content (AvgIpc) is 2.65. The molecule has 0 saturated carbocycles. The van der Waals surface area contributed by atoms with E-state index in [-0.39, 0.29) is 18.3 Å². The van der Waals surface area contributed by atoms with E-state index in [9.17, 15) is 14.4 Å². The minimum Gasteiger partial charge on any atom is -0.482 e. The zero-order chi connectivity index (χ0) is 20.7. The van der Waals surface area contributed by atoms with Gasteiger partial charge in [0.2, 0.25) is 0 Å². The number of anilines is 1. The van der Waals surface area contributed by atoms with Crippen molar-refractivity contribution in [1.29, 1.82) is 0 Å². The van der Waals surface area contributed by atoms with Gasteiger partial charge in [0, 0.05) is 11.3 Å². The lowest BCUT2D eigenvalue weighted by atomic mass is 10.0. The van der Waals surface area contributed by atoms with E-state index in [2.05, 4.69) is 5.32 Å². The van der Waals surface area contributed by atoms with Gasteiger partial charge in [0.1, 0.15) is 5.75 Å². The second kappa shape index (κ2) is 9.69. The van der Waals surface area contributed by atoms with Crippen LogP contribution in [0.4, 0.5) is 5.69 Å². The topological polar surface area (TPSA) is 81.7 Å². The third-order valence-electron chi connectivity index (χ3n) is 4.08. The van der Waals surface area contributed by atoms with Crippen LogP contribution in [0.5, 0.6) is 5.75 Å². The molecule has 0 heterocycles. The Bertz CT molecular complexity index is 856. The lowest BCUT2D eigenvalue weighted by Crippen LogP contribution is -2.23. The summed E-state index contributed by atoms with van der Waals surface area (Å²) in [4.78, 5) is 35.0. The Morgan fingerprint density at radius 2 is 1.68 bits per heavy atom. The quantitative estimate of drug-likeness (QED) is 0.553. The molecule has 1 amide bonds. The normalized spacial score (nSPS) is 10.5. The summed E-state index contributed by atoms with van der Waals surface area (Å²) in [7, 11) is 0. The molecule has 0 aliphatic rings. The second-order valence-corrected chi connectivity index (χ2v) is 6.83. The molecule has 148 valence electrons. The van der Waals surface area contributed by atoms with Crippen LogP contribution in [0.1, 0.15) is 48.2 Å². The molecule has 6 heteroatoms. The standard InChI is InChI=1S/C22H25NO5/c1-14(2)19-10-5-15(3)11-20(19)27-13-22(26)28-12-21(25)23-18-8-6-17(7-9-18)16(4)24/h5-11,14H,12-13H2,1-4H3,(H,23,25). The molecule has 0 spiro atoms. The van der Waals surface area contributed by atoms with Crippen molar-refractivity contribution >= 4 is 23.3 Å². The Kier molecular flexibility index (Phi) is 7.32. The SMILES string of the molecule is CC(=O)c1ccc(NC(=O)COC(=O)COc2cc(C)ccc2C(C)C)cc1. The van der Waals surface area contributed by atoms with Crippen LogP contribution in [0.2, 0.25) is 0 Å². The first-order valence-corrected chi connectivity index (χ1v) is 9.06. The number of Topliss-reactive ketones (excluding diaryl/α,β-unsaturated/α-hetero) is 1. The summed E-state index contributed by atoms with van der Waals surface area (Å²) in [5.74, 6) is -0.254. The fraction of sp³-hybridized carbons (Fsp3) is 0.318. The molecule has 0 atom stereocenters. The highest BCUT2D eigenvalue weighted by Gasteiger charge is 2.12. The predicted molar refractivity (Wildman–Crippen MR) is 107 cm³/mol. The maximum Gasteiger partial charge on any atom is 0.344 e. The number of amides is 1. The van der Waals surface area contributed by atoms with E-state index < -0.39 is 18.5 Å². The summed E-state index contributed by atoms with van der Waals surface area (Å²) in [5.41, 5.74) is 3.11. The summed E-state index contributed by atoms with van der Waals surface area (Å²) in [6.45, 7) is 6.82. The number of ether oxygens (including phenoxy) is 2. The van der Waals surface area contributed by atoms with Crippen LogP contribution < -0.4 is 10.1 Å². The molecule has 0 aliphatic heterocycles. The van der Waals surface area contributed by atoms with Crippen LogP contribution in [0.3, 0.4) is 0 Å². The molecular weight excluding hydrogens is 358 g/mol. The van der Waals surface area contributed by atoms with Gasteiger partial charge in [-0.15, -0.1) is 0 Å². The van der Waals surface area contributed by atoms with Crippen LogP contribution in [0.15, 0.2) is 42.5 Å². The van der Waals surface area contributed by atoms with E-state index in [1.54, 1.807) is 24.3 Å². The Hall–Kier alpha value is -3.15. The molecule has 0 fully saturated rings. The maximum atomic E-state index is 11.9. The first-order valence-electron chi connectivity index (χ1n) is 9.06. The van der Waals surface area contributed by atoms with E-state index in [0.717, 1.165) is 11.1 Å². The fourth-order valence-electron chi connectivity index (χ4n) is 2.55. The summed E-state index contributed by atoms with van der Waals surface area (Å²) in [5, 5.41) is 2.60. The van der Waals surface area contributed by atoms with Gasteiger partial charge in [0.25, 0.3) is 5.91 Å².